The average molecular weight is 235 g/mol. The predicted octanol–water partition coefficient (Wildman–Crippen LogP) is 2.29. The van der Waals surface area contributed by atoms with Crippen molar-refractivity contribution >= 4 is 28.1 Å². The molecule has 0 aliphatic carbocycles. The van der Waals surface area contributed by atoms with E-state index < -0.39 is 5.97 Å². The summed E-state index contributed by atoms with van der Waals surface area (Å²) >= 11 is 1.44. The van der Waals surface area contributed by atoms with Gasteiger partial charge < -0.3 is 10.4 Å². The number of rotatable bonds is 3. The number of nitrogens with one attached hydrogen (secondary N) is 1. The molecule has 1 aromatic heterocycles. The fourth-order valence-electron chi connectivity index (χ4n) is 1.17. The SMILES string of the molecule is Cc1nnc(Nc2ccc(C(=O)O)cc2)s1. The fourth-order valence-corrected chi connectivity index (χ4v) is 1.78. The third-order valence-electron chi connectivity index (χ3n) is 1.91. The molecule has 0 aliphatic heterocycles. The first kappa shape index (κ1) is 10.6. The summed E-state index contributed by atoms with van der Waals surface area (Å²) in [5.74, 6) is -0.932. The number of benzene rings is 1. The van der Waals surface area contributed by atoms with Crippen molar-refractivity contribution in [3.63, 3.8) is 0 Å². The van der Waals surface area contributed by atoms with Crippen molar-refractivity contribution in [3.05, 3.63) is 34.8 Å². The molecule has 0 amide bonds. The number of aromatic carboxylic acids is 1. The molecule has 2 N–H and O–H groups in total. The number of carbonyl (C=O) groups is 1. The molecule has 0 spiro atoms. The highest BCUT2D eigenvalue weighted by Crippen LogP contribution is 2.20. The number of aryl methyl sites for hydroxylation is 1. The molecule has 0 aliphatic rings. The molecular formula is C10H9N3O2S. The van der Waals surface area contributed by atoms with Gasteiger partial charge in [-0.3, -0.25) is 0 Å². The van der Waals surface area contributed by atoms with Gasteiger partial charge in [-0.15, -0.1) is 10.2 Å². The van der Waals surface area contributed by atoms with Crippen LogP contribution in [0.25, 0.3) is 0 Å². The van der Waals surface area contributed by atoms with E-state index >= 15 is 0 Å². The van der Waals surface area contributed by atoms with Crippen LogP contribution in [0.3, 0.4) is 0 Å². The van der Waals surface area contributed by atoms with Crippen molar-refractivity contribution in [2.45, 2.75) is 6.92 Å². The van der Waals surface area contributed by atoms with Gasteiger partial charge in [0.05, 0.1) is 5.56 Å². The molecule has 2 rings (SSSR count). The van der Waals surface area contributed by atoms with Crippen molar-refractivity contribution < 1.29 is 9.90 Å². The van der Waals surface area contributed by atoms with Gasteiger partial charge in [0, 0.05) is 5.69 Å². The van der Waals surface area contributed by atoms with Gasteiger partial charge in [-0.25, -0.2) is 4.79 Å². The van der Waals surface area contributed by atoms with Gasteiger partial charge in [0.2, 0.25) is 5.13 Å². The Labute approximate surface area is 95.8 Å². The molecule has 16 heavy (non-hydrogen) atoms. The van der Waals surface area contributed by atoms with Crippen LogP contribution < -0.4 is 5.32 Å². The number of aromatic nitrogens is 2. The molecule has 1 aromatic carbocycles. The summed E-state index contributed by atoms with van der Waals surface area (Å²) in [4.78, 5) is 10.6. The summed E-state index contributed by atoms with van der Waals surface area (Å²) in [5.41, 5.74) is 1.06. The van der Waals surface area contributed by atoms with E-state index in [0.717, 1.165) is 10.7 Å². The molecule has 5 nitrogen and oxygen atoms in total. The summed E-state index contributed by atoms with van der Waals surface area (Å²) in [6.45, 7) is 1.87. The Balaban J connectivity index is 2.14. The minimum absolute atomic E-state index is 0.263. The highest BCUT2D eigenvalue weighted by atomic mass is 32.1. The summed E-state index contributed by atoms with van der Waals surface area (Å²) in [5, 5.41) is 21.1. The summed E-state index contributed by atoms with van der Waals surface area (Å²) in [7, 11) is 0. The monoisotopic (exact) mass is 235 g/mol. The number of carboxylic acid groups (broad SMARTS) is 1. The number of anilines is 2. The molecule has 0 atom stereocenters. The Morgan fingerprint density at radius 2 is 2.00 bits per heavy atom. The van der Waals surface area contributed by atoms with Crippen LogP contribution in [0.4, 0.5) is 10.8 Å². The lowest BCUT2D eigenvalue weighted by molar-refractivity contribution is 0.0697. The highest BCUT2D eigenvalue weighted by molar-refractivity contribution is 7.15. The Morgan fingerprint density at radius 3 is 2.50 bits per heavy atom. The second-order valence-corrected chi connectivity index (χ2v) is 4.32. The van der Waals surface area contributed by atoms with Gasteiger partial charge in [-0.2, -0.15) is 0 Å². The highest BCUT2D eigenvalue weighted by Gasteiger charge is 2.03. The van der Waals surface area contributed by atoms with Crippen LogP contribution in [0.1, 0.15) is 15.4 Å². The van der Waals surface area contributed by atoms with E-state index in [0.29, 0.717) is 5.13 Å². The molecule has 0 unspecified atom stereocenters. The van der Waals surface area contributed by atoms with E-state index in [9.17, 15) is 4.79 Å². The van der Waals surface area contributed by atoms with Crippen LogP contribution in [0.2, 0.25) is 0 Å². The lowest BCUT2D eigenvalue weighted by atomic mass is 10.2. The van der Waals surface area contributed by atoms with Crippen LogP contribution in [-0.4, -0.2) is 21.3 Å². The van der Waals surface area contributed by atoms with Crippen LogP contribution in [0, 0.1) is 6.92 Å². The smallest absolute Gasteiger partial charge is 0.335 e. The van der Waals surface area contributed by atoms with Crippen LogP contribution >= 0.6 is 11.3 Å². The number of carboxylic acids is 1. The normalized spacial score (nSPS) is 10.1. The molecule has 0 radical (unpaired) electrons. The average Bonchev–Trinajstić information content (AvgIpc) is 2.65. The lowest BCUT2D eigenvalue weighted by Gasteiger charge is -2.01. The van der Waals surface area contributed by atoms with Gasteiger partial charge in [0.15, 0.2) is 0 Å². The first-order valence-electron chi connectivity index (χ1n) is 4.55. The zero-order valence-electron chi connectivity index (χ0n) is 8.47. The van der Waals surface area contributed by atoms with Gasteiger partial charge >= 0.3 is 5.97 Å². The van der Waals surface area contributed by atoms with E-state index in [4.69, 9.17) is 5.11 Å². The molecule has 0 fully saturated rings. The maximum atomic E-state index is 10.6. The predicted molar refractivity (Wildman–Crippen MR) is 61.3 cm³/mol. The van der Waals surface area contributed by atoms with Crippen molar-refractivity contribution in [3.8, 4) is 0 Å². The Hall–Kier alpha value is -1.95. The van der Waals surface area contributed by atoms with Crippen LogP contribution in [0.15, 0.2) is 24.3 Å². The molecule has 2 aromatic rings. The fraction of sp³-hybridized carbons (Fsp3) is 0.100. The zero-order valence-corrected chi connectivity index (χ0v) is 9.28. The van der Waals surface area contributed by atoms with Gasteiger partial charge in [0.25, 0.3) is 0 Å². The van der Waals surface area contributed by atoms with Gasteiger partial charge in [-0.05, 0) is 31.2 Å². The summed E-state index contributed by atoms with van der Waals surface area (Å²) in [6.07, 6.45) is 0. The van der Waals surface area contributed by atoms with Gasteiger partial charge in [0.1, 0.15) is 5.01 Å². The summed E-state index contributed by atoms with van der Waals surface area (Å²) < 4.78 is 0. The second-order valence-electron chi connectivity index (χ2n) is 3.13. The minimum Gasteiger partial charge on any atom is -0.478 e. The Kier molecular flexibility index (Phi) is 2.82. The van der Waals surface area contributed by atoms with E-state index in [1.165, 1.54) is 11.3 Å². The first-order valence-corrected chi connectivity index (χ1v) is 5.37. The molecule has 0 bridgehead atoms. The van der Waals surface area contributed by atoms with E-state index in [-0.39, 0.29) is 5.56 Å². The Morgan fingerprint density at radius 1 is 1.31 bits per heavy atom. The molecule has 0 saturated carbocycles. The van der Waals surface area contributed by atoms with E-state index in [2.05, 4.69) is 15.5 Å². The maximum Gasteiger partial charge on any atom is 0.335 e. The molecule has 1 heterocycles. The van der Waals surface area contributed by atoms with Crippen LogP contribution in [0.5, 0.6) is 0 Å². The Bertz CT molecular complexity index is 507. The van der Waals surface area contributed by atoms with Crippen molar-refractivity contribution in [1.29, 1.82) is 0 Å². The van der Waals surface area contributed by atoms with Gasteiger partial charge in [-0.1, -0.05) is 11.3 Å². The molecule has 0 saturated heterocycles. The zero-order chi connectivity index (χ0) is 11.5. The van der Waals surface area contributed by atoms with Crippen LogP contribution in [-0.2, 0) is 0 Å². The standard InChI is InChI=1S/C10H9N3O2S/c1-6-12-13-10(16-6)11-8-4-2-7(3-5-8)9(14)15/h2-5H,1H3,(H,11,13)(H,14,15). The molecular weight excluding hydrogens is 226 g/mol. The quantitative estimate of drug-likeness (QED) is 0.853. The number of nitrogens with zero attached hydrogens (tertiary/aromatic N) is 2. The van der Waals surface area contributed by atoms with Crippen molar-refractivity contribution in [1.82, 2.24) is 10.2 Å². The largest absolute Gasteiger partial charge is 0.478 e. The third-order valence-corrected chi connectivity index (χ3v) is 2.66. The third kappa shape index (κ3) is 2.34. The second kappa shape index (κ2) is 4.28. The number of hydrogen-bond acceptors (Lipinski definition) is 5. The minimum atomic E-state index is -0.932. The van der Waals surface area contributed by atoms with E-state index in [1.54, 1.807) is 24.3 Å². The summed E-state index contributed by atoms with van der Waals surface area (Å²) in [6, 6.07) is 6.47. The number of hydrogen-bond donors (Lipinski definition) is 2. The van der Waals surface area contributed by atoms with Crippen molar-refractivity contribution in [2.75, 3.05) is 5.32 Å². The lowest BCUT2D eigenvalue weighted by Crippen LogP contribution is -1.96. The topological polar surface area (TPSA) is 75.1 Å². The van der Waals surface area contributed by atoms with E-state index in [1.807, 2.05) is 6.92 Å². The maximum absolute atomic E-state index is 10.6. The molecule has 6 heteroatoms. The first-order chi connectivity index (χ1) is 7.65. The van der Waals surface area contributed by atoms with Crippen molar-refractivity contribution in [2.24, 2.45) is 0 Å². The molecule has 82 valence electrons.